The molecule has 0 aliphatic carbocycles. The Hall–Kier alpha value is -0.570. The van der Waals surface area contributed by atoms with Crippen molar-refractivity contribution in [2.45, 2.75) is 72.4 Å². The predicted molar refractivity (Wildman–Crippen MR) is 69.2 cm³/mol. The Morgan fingerprint density at radius 1 is 1.38 bits per heavy atom. The second-order valence-corrected chi connectivity index (χ2v) is 5.79. The van der Waals surface area contributed by atoms with Crippen molar-refractivity contribution in [1.29, 1.82) is 0 Å². The summed E-state index contributed by atoms with van der Waals surface area (Å²) in [5.41, 5.74) is 5.96. The minimum Gasteiger partial charge on any atom is -0.354 e. The van der Waals surface area contributed by atoms with Gasteiger partial charge in [-0.25, -0.2) is 0 Å². The van der Waals surface area contributed by atoms with Crippen molar-refractivity contribution in [2.75, 3.05) is 0 Å². The van der Waals surface area contributed by atoms with Gasteiger partial charge < -0.3 is 11.1 Å². The van der Waals surface area contributed by atoms with Crippen LogP contribution in [0.15, 0.2) is 0 Å². The molecular formula is C13H28N2O. The summed E-state index contributed by atoms with van der Waals surface area (Å²) in [6.45, 7) is 10.4. The third-order valence-electron chi connectivity index (χ3n) is 2.92. The summed E-state index contributed by atoms with van der Waals surface area (Å²) < 4.78 is 0. The van der Waals surface area contributed by atoms with Gasteiger partial charge in [-0.1, -0.05) is 40.5 Å². The molecule has 0 heterocycles. The summed E-state index contributed by atoms with van der Waals surface area (Å²) in [6.07, 6.45) is 3.79. The number of unbranched alkanes of at least 4 members (excludes halogenated alkanes) is 1. The summed E-state index contributed by atoms with van der Waals surface area (Å²) in [4.78, 5) is 11.7. The molecule has 0 bridgehead atoms. The van der Waals surface area contributed by atoms with E-state index in [1.165, 1.54) is 6.42 Å². The zero-order valence-corrected chi connectivity index (χ0v) is 11.5. The lowest BCUT2D eigenvalue weighted by Gasteiger charge is -2.27. The van der Waals surface area contributed by atoms with Crippen LogP contribution in [0.3, 0.4) is 0 Å². The van der Waals surface area contributed by atoms with Crippen molar-refractivity contribution in [2.24, 2.45) is 11.1 Å². The topological polar surface area (TPSA) is 55.1 Å². The molecule has 0 spiro atoms. The van der Waals surface area contributed by atoms with E-state index >= 15 is 0 Å². The fraction of sp³-hybridized carbons (Fsp3) is 0.923. The summed E-state index contributed by atoms with van der Waals surface area (Å²) in [5, 5.41) is 3.00. The molecule has 0 aliphatic heterocycles. The van der Waals surface area contributed by atoms with Gasteiger partial charge in [-0.05, 0) is 18.8 Å². The van der Waals surface area contributed by atoms with E-state index in [1.54, 1.807) is 0 Å². The lowest BCUT2D eigenvalue weighted by molar-refractivity contribution is -0.122. The lowest BCUT2D eigenvalue weighted by Crippen LogP contribution is -2.42. The van der Waals surface area contributed by atoms with Crippen LogP contribution in [0, 0.1) is 5.41 Å². The summed E-state index contributed by atoms with van der Waals surface area (Å²) in [5.74, 6) is 0.0750. The average Bonchev–Trinajstić information content (AvgIpc) is 2.12. The van der Waals surface area contributed by atoms with Crippen LogP contribution in [-0.4, -0.2) is 18.0 Å². The molecule has 0 fully saturated rings. The highest BCUT2D eigenvalue weighted by Crippen LogP contribution is 2.19. The maximum atomic E-state index is 11.7. The van der Waals surface area contributed by atoms with Crippen LogP contribution in [0.1, 0.15) is 60.3 Å². The molecule has 3 N–H and O–H groups in total. The highest BCUT2D eigenvalue weighted by molar-refractivity contribution is 5.76. The number of carbonyl (C=O) groups excluding carboxylic acids is 1. The first-order valence-corrected chi connectivity index (χ1v) is 6.32. The molecule has 1 amide bonds. The van der Waals surface area contributed by atoms with Crippen molar-refractivity contribution in [3.63, 3.8) is 0 Å². The minimum absolute atomic E-state index is 0.00992. The number of rotatable bonds is 6. The Kier molecular flexibility index (Phi) is 6.65. The van der Waals surface area contributed by atoms with Gasteiger partial charge in [0.1, 0.15) is 0 Å². The maximum Gasteiger partial charge on any atom is 0.221 e. The molecule has 0 saturated carbocycles. The first kappa shape index (κ1) is 15.4. The van der Waals surface area contributed by atoms with E-state index in [0.29, 0.717) is 6.42 Å². The quantitative estimate of drug-likeness (QED) is 0.733. The number of nitrogens with one attached hydrogen (secondary N) is 1. The van der Waals surface area contributed by atoms with Crippen LogP contribution >= 0.6 is 0 Å². The fourth-order valence-corrected chi connectivity index (χ4v) is 1.42. The van der Waals surface area contributed by atoms with Crippen LogP contribution in [0.4, 0.5) is 0 Å². The lowest BCUT2D eigenvalue weighted by atomic mass is 9.85. The Labute approximate surface area is 100 Å². The summed E-state index contributed by atoms with van der Waals surface area (Å²) >= 11 is 0. The van der Waals surface area contributed by atoms with E-state index in [2.05, 4.69) is 39.9 Å². The molecule has 2 unspecified atom stereocenters. The fourth-order valence-electron chi connectivity index (χ4n) is 1.42. The molecule has 3 heteroatoms. The van der Waals surface area contributed by atoms with Gasteiger partial charge in [-0.15, -0.1) is 0 Å². The molecule has 3 nitrogen and oxygen atoms in total. The van der Waals surface area contributed by atoms with E-state index in [1.807, 2.05) is 0 Å². The molecular weight excluding hydrogens is 200 g/mol. The van der Waals surface area contributed by atoms with E-state index in [9.17, 15) is 4.79 Å². The molecule has 0 aromatic heterocycles. The van der Waals surface area contributed by atoms with Gasteiger partial charge in [0.2, 0.25) is 5.91 Å². The summed E-state index contributed by atoms with van der Waals surface area (Å²) in [6, 6.07) is 0.186. The Morgan fingerprint density at radius 2 is 1.94 bits per heavy atom. The SMILES string of the molecule is CCCCC(C)NC(=O)CC(N)C(C)(C)C. The van der Waals surface area contributed by atoms with Crippen LogP contribution in [-0.2, 0) is 4.79 Å². The van der Waals surface area contributed by atoms with E-state index in [0.717, 1.165) is 12.8 Å². The van der Waals surface area contributed by atoms with Crippen molar-refractivity contribution in [3.05, 3.63) is 0 Å². The van der Waals surface area contributed by atoms with Gasteiger partial charge in [0.15, 0.2) is 0 Å². The normalized spacial score (nSPS) is 15.6. The molecule has 96 valence electrons. The van der Waals surface area contributed by atoms with Crippen molar-refractivity contribution < 1.29 is 4.79 Å². The number of nitrogens with two attached hydrogens (primary N) is 1. The molecule has 0 radical (unpaired) electrons. The van der Waals surface area contributed by atoms with Gasteiger partial charge in [-0.3, -0.25) is 4.79 Å². The Balaban J connectivity index is 3.90. The molecule has 16 heavy (non-hydrogen) atoms. The first-order chi connectivity index (χ1) is 7.27. The van der Waals surface area contributed by atoms with E-state index < -0.39 is 0 Å². The van der Waals surface area contributed by atoms with Gasteiger partial charge in [0.25, 0.3) is 0 Å². The first-order valence-electron chi connectivity index (χ1n) is 6.32. The van der Waals surface area contributed by atoms with E-state index in [4.69, 9.17) is 5.73 Å². The van der Waals surface area contributed by atoms with Gasteiger partial charge in [0.05, 0.1) is 0 Å². The van der Waals surface area contributed by atoms with Gasteiger partial charge >= 0.3 is 0 Å². The average molecular weight is 228 g/mol. The molecule has 0 rings (SSSR count). The van der Waals surface area contributed by atoms with Crippen molar-refractivity contribution in [1.82, 2.24) is 5.32 Å². The number of hydrogen-bond acceptors (Lipinski definition) is 2. The monoisotopic (exact) mass is 228 g/mol. The van der Waals surface area contributed by atoms with Crippen LogP contribution in [0.2, 0.25) is 0 Å². The largest absolute Gasteiger partial charge is 0.354 e. The predicted octanol–water partition coefficient (Wildman–Crippen LogP) is 2.44. The standard InChI is InChI=1S/C13H28N2O/c1-6-7-8-10(2)15-12(16)9-11(14)13(3,4)5/h10-11H,6-9,14H2,1-5H3,(H,15,16). The number of amides is 1. The molecule has 0 aliphatic rings. The van der Waals surface area contributed by atoms with Crippen LogP contribution in [0.25, 0.3) is 0 Å². The maximum absolute atomic E-state index is 11.7. The molecule has 0 aromatic carbocycles. The second kappa shape index (κ2) is 6.89. The Bertz CT molecular complexity index is 208. The van der Waals surface area contributed by atoms with Crippen molar-refractivity contribution in [3.8, 4) is 0 Å². The van der Waals surface area contributed by atoms with Crippen LogP contribution in [0.5, 0.6) is 0 Å². The molecule has 2 atom stereocenters. The van der Waals surface area contributed by atoms with Crippen molar-refractivity contribution >= 4 is 5.91 Å². The molecule has 0 saturated heterocycles. The minimum atomic E-state index is -0.0779. The summed E-state index contributed by atoms with van der Waals surface area (Å²) in [7, 11) is 0. The highest BCUT2D eigenvalue weighted by Gasteiger charge is 2.23. The zero-order valence-electron chi connectivity index (χ0n) is 11.5. The number of hydrogen-bond donors (Lipinski definition) is 2. The molecule has 0 aromatic rings. The van der Waals surface area contributed by atoms with Crippen LogP contribution < -0.4 is 11.1 Å². The smallest absolute Gasteiger partial charge is 0.221 e. The third-order valence-corrected chi connectivity index (χ3v) is 2.92. The number of carbonyl (C=O) groups is 1. The zero-order chi connectivity index (χ0) is 12.8. The van der Waals surface area contributed by atoms with E-state index in [-0.39, 0.29) is 23.4 Å². The van der Waals surface area contributed by atoms with Gasteiger partial charge in [-0.2, -0.15) is 0 Å². The Morgan fingerprint density at radius 3 is 2.38 bits per heavy atom. The third kappa shape index (κ3) is 6.83. The highest BCUT2D eigenvalue weighted by atomic mass is 16.1. The van der Waals surface area contributed by atoms with Gasteiger partial charge in [0, 0.05) is 18.5 Å². The second-order valence-electron chi connectivity index (χ2n) is 5.79.